The number of hydrogen-bond acceptors (Lipinski definition) is 3. The third-order valence-electron chi connectivity index (χ3n) is 2.92. The lowest BCUT2D eigenvalue weighted by atomic mass is 9.99. The van der Waals surface area contributed by atoms with Gasteiger partial charge in [-0.05, 0) is 16.3 Å². The quantitative estimate of drug-likeness (QED) is 0.746. The molecule has 17 heavy (non-hydrogen) atoms. The molecular formula is C14H12N2S. The molecule has 0 bridgehead atoms. The molecule has 2 nitrogen and oxygen atoms in total. The highest BCUT2D eigenvalue weighted by Crippen LogP contribution is 2.28. The van der Waals surface area contributed by atoms with Gasteiger partial charge in [0, 0.05) is 11.1 Å². The van der Waals surface area contributed by atoms with Crippen molar-refractivity contribution < 1.29 is 0 Å². The van der Waals surface area contributed by atoms with E-state index >= 15 is 0 Å². The summed E-state index contributed by atoms with van der Waals surface area (Å²) in [6.07, 6.45) is 1.84. The Morgan fingerprint density at radius 2 is 1.88 bits per heavy atom. The maximum atomic E-state index is 6.30. The topological polar surface area (TPSA) is 38.9 Å². The zero-order valence-electron chi connectivity index (χ0n) is 9.21. The Morgan fingerprint density at radius 3 is 2.71 bits per heavy atom. The molecule has 3 aromatic rings. The van der Waals surface area contributed by atoms with E-state index in [1.54, 1.807) is 11.3 Å². The fraction of sp³-hybridized carbons (Fsp3) is 0.0714. The molecule has 0 fully saturated rings. The maximum Gasteiger partial charge on any atom is 0.0794 e. The van der Waals surface area contributed by atoms with Crippen LogP contribution in [0.15, 0.2) is 54.2 Å². The lowest BCUT2D eigenvalue weighted by Gasteiger charge is -2.12. The smallest absolute Gasteiger partial charge is 0.0794 e. The third-order valence-corrected chi connectivity index (χ3v) is 3.78. The van der Waals surface area contributed by atoms with Crippen LogP contribution in [0.25, 0.3) is 10.8 Å². The fourth-order valence-electron chi connectivity index (χ4n) is 2.05. The van der Waals surface area contributed by atoms with Gasteiger partial charge >= 0.3 is 0 Å². The van der Waals surface area contributed by atoms with E-state index in [0.717, 1.165) is 10.4 Å². The normalized spacial score (nSPS) is 12.8. The van der Waals surface area contributed by atoms with Crippen LogP contribution < -0.4 is 5.73 Å². The minimum Gasteiger partial charge on any atom is -0.320 e. The molecule has 1 heterocycles. The predicted octanol–water partition coefficient (Wildman–Crippen LogP) is 3.34. The molecular weight excluding hydrogens is 228 g/mol. The molecule has 0 spiro atoms. The predicted molar refractivity (Wildman–Crippen MR) is 72.1 cm³/mol. The second kappa shape index (κ2) is 4.28. The molecule has 0 saturated carbocycles. The number of thiazole rings is 1. The molecule has 1 atom stereocenters. The highest BCUT2D eigenvalue weighted by atomic mass is 32.1. The molecule has 0 aliphatic carbocycles. The van der Waals surface area contributed by atoms with Gasteiger partial charge < -0.3 is 5.73 Å². The van der Waals surface area contributed by atoms with E-state index in [1.165, 1.54) is 10.8 Å². The van der Waals surface area contributed by atoms with E-state index in [2.05, 4.69) is 35.3 Å². The number of aromatic nitrogens is 1. The molecule has 2 N–H and O–H groups in total. The van der Waals surface area contributed by atoms with Crippen LogP contribution in [0.4, 0.5) is 0 Å². The van der Waals surface area contributed by atoms with Crippen molar-refractivity contribution in [2.45, 2.75) is 6.04 Å². The van der Waals surface area contributed by atoms with Gasteiger partial charge in [0.05, 0.1) is 11.6 Å². The average molecular weight is 240 g/mol. The maximum absolute atomic E-state index is 6.30. The van der Waals surface area contributed by atoms with Gasteiger partial charge in [-0.15, -0.1) is 11.3 Å². The minimum absolute atomic E-state index is 0.0893. The molecule has 3 rings (SSSR count). The van der Waals surface area contributed by atoms with E-state index < -0.39 is 0 Å². The standard InChI is InChI=1S/C14H12N2S/c15-14(13-8-16-9-17-13)12-7-3-5-10-4-1-2-6-11(10)12/h1-9,14H,15H2. The summed E-state index contributed by atoms with van der Waals surface area (Å²) in [6.45, 7) is 0. The molecule has 2 aromatic carbocycles. The van der Waals surface area contributed by atoms with Crippen LogP contribution in [0.3, 0.4) is 0 Å². The Kier molecular flexibility index (Phi) is 2.63. The molecule has 0 aliphatic rings. The van der Waals surface area contributed by atoms with Gasteiger partial charge in [-0.3, -0.25) is 4.98 Å². The summed E-state index contributed by atoms with van der Waals surface area (Å²) in [5.74, 6) is 0. The van der Waals surface area contributed by atoms with Crippen molar-refractivity contribution in [1.82, 2.24) is 4.98 Å². The van der Waals surface area contributed by atoms with Crippen molar-refractivity contribution in [3.8, 4) is 0 Å². The number of fused-ring (bicyclic) bond motifs is 1. The van der Waals surface area contributed by atoms with E-state index in [4.69, 9.17) is 5.73 Å². The number of nitrogens with two attached hydrogens (primary N) is 1. The Bertz CT molecular complexity index is 626. The van der Waals surface area contributed by atoms with Crippen LogP contribution in [0, 0.1) is 0 Å². The highest BCUT2D eigenvalue weighted by Gasteiger charge is 2.12. The number of nitrogens with zero attached hydrogens (tertiary/aromatic N) is 1. The summed E-state index contributed by atoms with van der Waals surface area (Å²) in [5, 5.41) is 2.45. The van der Waals surface area contributed by atoms with Crippen molar-refractivity contribution in [3.63, 3.8) is 0 Å². The number of rotatable bonds is 2. The molecule has 0 aliphatic heterocycles. The van der Waals surface area contributed by atoms with Crippen LogP contribution >= 0.6 is 11.3 Å². The average Bonchev–Trinajstić information content (AvgIpc) is 2.91. The lowest BCUT2D eigenvalue weighted by molar-refractivity contribution is 0.899. The molecule has 1 unspecified atom stereocenters. The number of benzene rings is 2. The Hall–Kier alpha value is -1.71. The Morgan fingerprint density at radius 1 is 1.06 bits per heavy atom. The van der Waals surface area contributed by atoms with Crippen LogP contribution in [0.2, 0.25) is 0 Å². The summed E-state index contributed by atoms with van der Waals surface area (Å²) in [4.78, 5) is 5.19. The van der Waals surface area contributed by atoms with Gasteiger partial charge in [0.2, 0.25) is 0 Å². The van der Waals surface area contributed by atoms with Crippen LogP contribution in [0.5, 0.6) is 0 Å². The first-order chi connectivity index (χ1) is 8.36. The van der Waals surface area contributed by atoms with E-state index in [0.29, 0.717) is 0 Å². The molecule has 0 saturated heterocycles. The molecule has 0 amide bonds. The minimum atomic E-state index is -0.0893. The van der Waals surface area contributed by atoms with Crippen LogP contribution in [-0.2, 0) is 0 Å². The van der Waals surface area contributed by atoms with Crippen molar-refractivity contribution in [3.05, 3.63) is 64.6 Å². The van der Waals surface area contributed by atoms with Crippen molar-refractivity contribution in [2.24, 2.45) is 5.73 Å². The summed E-state index contributed by atoms with van der Waals surface area (Å²) < 4.78 is 0. The Labute approximate surface area is 104 Å². The fourth-order valence-corrected chi connectivity index (χ4v) is 2.69. The number of hydrogen-bond donors (Lipinski definition) is 1. The van der Waals surface area contributed by atoms with Crippen molar-refractivity contribution >= 4 is 22.1 Å². The first-order valence-corrected chi connectivity index (χ1v) is 6.36. The SMILES string of the molecule is NC(c1cncs1)c1cccc2ccccc12. The van der Waals surface area contributed by atoms with E-state index in [9.17, 15) is 0 Å². The summed E-state index contributed by atoms with van der Waals surface area (Å²) in [6, 6.07) is 14.5. The molecule has 0 radical (unpaired) electrons. The van der Waals surface area contributed by atoms with E-state index in [-0.39, 0.29) is 6.04 Å². The molecule has 84 valence electrons. The monoisotopic (exact) mass is 240 g/mol. The summed E-state index contributed by atoms with van der Waals surface area (Å²) in [5.41, 5.74) is 9.28. The third kappa shape index (κ3) is 1.84. The summed E-state index contributed by atoms with van der Waals surface area (Å²) >= 11 is 1.60. The second-order valence-electron chi connectivity index (χ2n) is 3.95. The molecule has 1 aromatic heterocycles. The molecule has 3 heteroatoms. The van der Waals surface area contributed by atoms with Crippen molar-refractivity contribution in [1.29, 1.82) is 0 Å². The largest absolute Gasteiger partial charge is 0.320 e. The van der Waals surface area contributed by atoms with E-state index in [1.807, 2.05) is 23.8 Å². The Balaban J connectivity index is 2.17. The van der Waals surface area contributed by atoms with Gasteiger partial charge in [-0.2, -0.15) is 0 Å². The van der Waals surface area contributed by atoms with Gasteiger partial charge in [-0.1, -0.05) is 42.5 Å². The van der Waals surface area contributed by atoms with Gasteiger partial charge in [0.1, 0.15) is 0 Å². The first kappa shape index (κ1) is 10.4. The van der Waals surface area contributed by atoms with Gasteiger partial charge in [0.25, 0.3) is 0 Å². The zero-order chi connectivity index (χ0) is 11.7. The van der Waals surface area contributed by atoms with Crippen LogP contribution in [0.1, 0.15) is 16.5 Å². The first-order valence-electron chi connectivity index (χ1n) is 5.48. The van der Waals surface area contributed by atoms with Crippen molar-refractivity contribution in [2.75, 3.05) is 0 Å². The van der Waals surface area contributed by atoms with Gasteiger partial charge in [-0.25, -0.2) is 0 Å². The second-order valence-corrected chi connectivity index (χ2v) is 4.87. The highest BCUT2D eigenvalue weighted by molar-refractivity contribution is 7.09. The summed E-state index contributed by atoms with van der Waals surface area (Å²) in [7, 11) is 0. The zero-order valence-corrected chi connectivity index (χ0v) is 10.0. The van der Waals surface area contributed by atoms with Crippen LogP contribution in [-0.4, -0.2) is 4.98 Å². The lowest BCUT2D eigenvalue weighted by Crippen LogP contribution is -2.10. The van der Waals surface area contributed by atoms with Gasteiger partial charge in [0.15, 0.2) is 0 Å².